The highest BCUT2D eigenvalue weighted by atomic mass is 16.5. The van der Waals surface area contributed by atoms with Gasteiger partial charge >= 0.3 is 0 Å². The molecule has 1 aliphatic rings. The van der Waals surface area contributed by atoms with E-state index in [9.17, 15) is 0 Å². The van der Waals surface area contributed by atoms with Crippen molar-refractivity contribution in [3.63, 3.8) is 0 Å². The number of ether oxygens (including phenoxy) is 1. The van der Waals surface area contributed by atoms with Gasteiger partial charge < -0.3 is 10.1 Å². The second kappa shape index (κ2) is 7.21. The Morgan fingerprint density at radius 2 is 2.00 bits per heavy atom. The molecule has 0 aromatic heterocycles. The monoisotopic (exact) mass is 200 g/mol. The van der Waals surface area contributed by atoms with Gasteiger partial charge in [-0.05, 0) is 26.3 Å². The molecule has 2 N–H and O–H groups in total. The van der Waals surface area contributed by atoms with Crippen LogP contribution in [0.1, 0.15) is 38.5 Å². The predicted octanol–water partition coefficient (Wildman–Crippen LogP) is 1.49. The molecule has 3 heteroatoms. The molecule has 1 aliphatic carbocycles. The quantitative estimate of drug-likeness (QED) is 0.637. The normalized spacial score (nSPS) is 21.0. The van der Waals surface area contributed by atoms with Crippen LogP contribution in [0.2, 0.25) is 0 Å². The van der Waals surface area contributed by atoms with Gasteiger partial charge in [-0.1, -0.05) is 19.3 Å². The Balaban J connectivity index is 2.16. The maximum Gasteiger partial charge on any atom is 0.0593 e. The first-order valence-electron chi connectivity index (χ1n) is 5.79. The zero-order valence-electron chi connectivity index (χ0n) is 9.51. The lowest BCUT2D eigenvalue weighted by molar-refractivity contribution is 0.172. The minimum absolute atomic E-state index is 0.415. The first-order valence-corrected chi connectivity index (χ1v) is 5.79. The fourth-order valence-corrected chi connectivity index (χ4v) is 2.10. The molecule has 1 saturated carbocycles. The first kappa shape index (κ1) is 12.0. The van der Waals surface area contributed by atoms with Crippen LogP contribution in [0.25, 0.3) is 0 Å². The van der Waals surface area contributed by atoms with Crippen molar-refractivity contribution in [2.24, 2.45) is 0 Å². The van der Waals surface area contributed by atoms with E-state index in [0.717, 1.165) is 19.1 Å². The third-order valence-electron chi connectivity index (χ3n) is 3.00. The van der Waals surface area contributed by atoms with Crippen LogP contribution in [0.3, 0.4) is 0 Å². The minimum Gasteiger partial charge on any atom is -0.385 e. The van der Waals surface area contributed by atoms with Crippen molar-refractivity contribution in [1.82, 2.24) is 10.6 Å². The molecular formula is C11H24N2O. The van der Waals surface area contributed by atoms with Crippen LogP contribution < -0.4 is 10.6 Å². The van der Waals surface area contributed by atoms with Crippen molar-refractivity contribution >= 4 is 0 Å². The van der Waals surface area contributed by atoms with Gasteiger partial charge in [-0.2, -0.15) is 0 Å². The van der Waals surface area contributed by atoms with E-state index in [0.29, 0.717) is 6.17 Å². The van der Waals surface area contributed by atoms with Gasteiger partial charge in [0.15, 0.2) is 0 Å². The smallest absolute Gasteiger partial charge is 0.0593 e. The van der Waals surface area contributed by atoms with Crippen molar-refractivity contribution < 1.29 is 4.74 Å². The zero-order valence-corrected chi connectivity index (χ0v) is 9.51. The summed E-state index contributed by atoms with van der Waals surface area (Å²) in [6.45, 7) is 0.825. The van der Waals surface area contributed by atoms with Crippen molar-refractivity contribution in [2.75, 3.05) is 20.8 Å². The van der Waals surface area contributed by atoms with Gasteiger partial charge in [0.1, 0.15) is 0 Å². The van der Waals surface area contributed by atoms with E-state index < -0.39 is 0 Å². The van der Waals surface area contributed by atoms with Crippen LogP contribution in [0.5, 0.6) is 0 Å². The Labute approximate surface area is 87.6 Å². The molecule has 0 saturated heterocycles. The van der Waals surface area contributed by atoms with Crippen molar-refractivity contribution in [2.45, 2.75) is 50.7 Å². The summed E-state index contributed by atoms with van der Waals surface area (Å²) in [5.41, 5.74) is 0. The van der Waals surface area contributed by atoms with Crippen molar-refractivity contribution in [1.29, 1.82) is 0 Å². The standard InChI is InChI=1S/C11H24N2O/c1-12-11(8-9-14-2)13-10-6-4-3-5-7-10/h10-13H,3-9H2,1-2H3. The van der Waals surface area contributed by atoms with Crippen molar-refractivity contribution in [3.8, 4) is 0 Å². The fraction of sp³-hybridized carbons (Fsp3) is 1.00. The second-order valence-electron chi connectivity index (χ2n) is 4.12. The zero-order chi connectivity index (χ0) is 10.2. The molecule has 0 aromatic rings. The summed E-state index contributed by atoms with van der Waals surface area (Å²) in [7, 11) is 3.77. The highest BCUT2D eigenvalue weighted by molar-refractivity contribution is 4.75. The molecule has 84 valence electrons. The molecule has 1 atom stereocenters. The Bertz CT molecular complexity index is 135. The third kappa shape index (κ3) is 4.40. The summed E-state index contributed by atoms with van der Waals surface area (Å²) in [5.74, 6) is 0. The molecule has 0 spiro atoms. The Morgan fingerprint density at radius 1 is 1.29 bits per heavy atom. The Morgan fingerprint density at radius 3 is 2.57 bits per heavy atom. The van der Waals surface area contributed by atoms with Gasteiger partial charge in [0, 0.05) is 19.8 Å². The van der Waals surface area contributed by atoms with Gasteiger partial charge in [-0.3, -0.25) is 5.32 Å². The van der Waals surface area contributed by atoms with Crippen LogP contribution in [0, 0.1) is 0 Å². The van der Waals surface area contributed by atoms with Crippen LogP contribution in [-0.4, -0.2) is 33.0 Å². The molecule has 1 rings (SSSR count). The van der Waals surface area contributed by atoms with Gasteiger partial charge in [0.05, 0.1) is 6.17 Å². The van der Waals surface area contributed by atoms with Crippen LogP contribution in [0.15, 0.2) is 0 Å². The molecular weight excluding hydrogens is 176 g/mol. The average molecular weight is 200 g/mol. The molecule has 0 aromatic carbocycles. The summed E-state index contributed by atoms with van der Waals surface area (Å²) in [4.78, 5) is 0. The van der Waals surface area contributed by atoms with Gasteiger partial charge in [0.25, 0.3) is 0 Å². The number of rotatable bonds is 6. The lowest BCUT2D eigenvalue weighted by Gasteiger charge is -2.28. The van der Waals surface area contributed by atoms with E-state index >= 15 is 0 Å². The van der Waals surface area contributed by atoms with E-state index in [4.69, 9.17) is 4.74 Å². The highest BCUT2D eigenvalue weighted by Gasteiger charge is 2.16. The number of methoxy groups -OCH3 is 1. The first-order chi connectivity index (χ1) is 6.86. The second-order valence-corrected chi connectivity index (χ2v) is 4.12. The van der Waals surface area contributed by atoms with E-state index in [-0.39, 0.29) is 0 Å². The minimum atomic E-state index is 0.415. The largest absolute Gasteiger partial charge is 0.385 e. The van der Waals surface area contributed by atoms with Crippen LogP contribution in [0.4, 0.5) is 0 Å². The molecule has 0 radical (unpaired) electrons. The molecule has 3 nitrogen and oxygen atoms in total. The number of nitrogens with one attached hydrogen (secondary N) is 2. The molecule has 0 heterocycles. The molecule has 0 amide bonds. The van der Waals surface area contributed by atoms with Crippen molar-refractivity contribution in [3.05, 3.63) is 0 Å². The Hall–Kier alpha value is -0.120. The third-order valence-corrected chi connectivity index (χ3v) is 3.00. The molecule has 0 bridgehead atoms. The topological polar surface area (TPSA) is 33.3 Å². The predicted molar refractivity (Wildman–Crippen MR) is 59.3 cm³/mol. The van der Waals surface area contributed by atoms with E-state index in [1.54, 1.807) is 7.11 Å². The number of hydrogen-bond acceptors (Lipinski definition) is 3. The van der Waals surface area contributed by atoms with E-state index in [2.05, 4.69) is 10.6 Å². The fourth-order valence-electron chi connectivity index (χ4n) is 2.10. The highest BCUT2D eigenvalue weighted by Crippen LogP contribution is 2.17. The summed E-state index contributed by atoms with van der Waals surface area (Å²) in [6.07, 6.45) is 8.33. The maximum absolute atomic E-state index is 5.08. The molecule has 14 heavy (non-hydrogen) atoms. The van der Waals surface area contributed by atoms with Crippen LogP contribution in [-0.2, 0) is 4.74 Å². The summed E-state index contributed by atoms with van der Waals surface area (Å²) < 4.78 is 5.08. The Kier molecular flexibility index (Phi) is 6.15. The van der Waals surface area contributed by atoms with Gasteiger partial charge in [-0.25, -0.2) is 0 Å². The lowest BCUT2D eigenvalue weighted by atomic mass is 9.95. The molecule has 0 aliphatic heterocycles. The maximum atomic E-state index is 5.08. The SMILES string of the molecule is CNC(CCOC)NC1CCCCC1. The lowest BCUT2D eigenvalue weighted by Crippen LogP contribution is -2.47. The van der Waals surface area contributed by atoms with Crippen LogP contribution >= 0.6 is 0 Å². The van der Waals surface area contributed by atoms with E-state index in [1.807, 2.05) is 7.05 Å². The summed E-state index contributed by atoms with van der Waals surface area (Å²) in [6, 6.07) is 0.720. The molecule has 1 fully saturated rings. The summed E-state index contributed by atoms with van der Waals surface area (Å²) >= 11 is 0. The van der Waals surface area contributed by atoms with E-state index in [1.165, 1.54) is 32.1 Å². The molecule has 1 unspecified atom stereocenters. The number of hydrogen-bond donors (Lipinski definition) is 2. The van der Waals surface area contributed by atoms with Gasteiger partial charge in [-0.15, -0.1) is 0 Å². The van der Waals surface area contributed by atoms with Gasteiger partial charge in [0.2, 0.25) is 0 Å². The summed E-state index contributed by atoms with van der Waals surface area (Å²) in [5, 5.41) is 6.94. The average Bonchev–Trinajstić information content (AvgIpc) is 2.25.